The van der Waals surface area contributed by atoms with E-state index in [9.17, 15) is 4.79 Å². The number of piperidine rings is 1. The van der Waals surface area contributed by atoms with Gasteiger partial charge in [-0.1, -0.05) is 20.8 Å². The van der Waals surface area contributed by atoms with Gasteiger partial charge in [-0.25, -0.2) is 0 Å². The van der Waals surface area contributed by atoms with Crippen LogP contribution in [0.2, 0.25) is 0 Å². The topological polar surface area (TPSA) is 46.3 Å². The summed E-state index contributed by atoms with van der Waals surface area (Å²) in [5.41, 5.74) is 5.88. The maximum atomic E-state index is 12.0. The first-order valence-electron chi connectivity index (χ1n) is 6.52. The molecule has 3 heteroatoms. The van der Waals surface area contributed by atoms with E-state index in [1.165, 1.54) is 0 Å². The van der Waals surface area contributed by atoms with E-state index >= 15 is 0 Å². The van der Waals surface area contributed by atoms with Gasteiger partial charge in [0.15, 0.2) is 0 Å². The third-order valence-corrected chi connectivity index (χ3v) is 3.21. The zero-order chi connectivity index (χ0) is 12.1. The fourth-order valence-electron chi connectivity index (χ4n) is 2.55. The second-order valence-corrected chi connectivity index (χ2v) is 5.68. The summed E-state index contributed by atoms with van der Waals surface area (Å²) in [6.45, 7) is 8.24. The third-order valence-electron chi connectivity index (χ3n) is 3.21. The van der Waals surface area contributed by atoms with Crippen molar-refractivity contribution < 1.29 is 4.79 Å². The zero-order valence-electron chi connectivity index (χ0n) is 10.9. The molecule has 1 saturated heterocycles. The molecule has 1 amide bonds. The van der Waals surface area contributed by atoms with Crippen LogP contribution in [-0.4, -0.2) is 29.9 Å². The summed E-state index contributed by atoms with van der Waals surface area (Å²) in [6.07, 6.45) is 3.94. The van der Waals surface area contributed by atoms with Crippen LogP contribution >= 0.6 is 0 Å². The number of carbonyl (C=O) groups is 1. The van der Waals surface area contributed by atoms with E-state index in [2.05, 4.69) is 20.8 Å². The Labute approximate surface area is 99.4 Å². The largest absolute Gasteiger partial charge is 0.341 e. The third kappa shape index (κ3) is 4.52. The molecule has 1 aliphatic heterocycles. The molecule has 16 heavy (non-hydrogen) atoms. The standard InChI is InChI=1S/C13H26N2O/c1-10(2)7-11(3)8-13(16)15-6-4-5-12(14)9-15/h10-12H,4-9,14H2,1-3H3. The van der Waals surface area contributed by atoms with E-state index in [-0.39, 0.29) is 6.04 Å². The van der Waals surface area contributed by atoms with Crippen molar-refractivity contribution in [1.82, 2.24) is 4.90 Å². The Morgan fingerprint density at radius 1 is 1.44 bits per heavy atom. The van der Waals surface area contributed by atoms with Crippen molar-refractivity contribution in [3.05, 3.63) is 0 Å². The molecule has 0 spiro atoms. The molecule has 0 saturated carbocycles. The van der Waals surface area contributed by atoms with Crippen molar-refractivity contribution in [1.29, 1.82) is 0 Å². The highest BCUT2D eigenvalue weighted by molar-refractivity contribution is 5.76. The molecule has 94 valence electrons. The minimum atomic E-state index is 0.193. The first-order chi connectivity index (χ1) is 7.49. The number of hydrogen-bond acceptors (Lipinski definition) is 2. The van der Waals surface area contributed by atoms with Crippen LogP contribution < -0.4 is 5.73 Å². The Morgan fingerprint density at radius 2 is 2.12 bits per heavy atom. The van der Waals surface area contributed by atoms with Gasteiger partial charge in [0, 0.05) is 25.6 Å². The van der Waals surface area contributed by atoms with Crippen molar-refractivity contribution in [2.45, 2.75) is 52.5 Å². The number of nitrogens with zero attached hydrogens (tertiary/aromatic N) is 1. The minimum Gasteiger partial charge on any atom is -0.341 e. The summed E-state index contributed by atoms with van der Waals surface area (Å²) in [5, 5.41) is 0. The number of rotatable bonds is 4. The second kappa shape index (κ2) is 6.24. The highest BCUT2D eigenvalue weighted by Gasteiger charge is 2.22. The van der Waals surface area contributed by atoms with Gasteiger partial charge in [-0.15, -0.1) is 0 Å². The first-order valence-corrected chi connectivity index (χ1v) is 6.52. The Bertz CT molecular complexity index is 228. The summed E-state index contributed by atoms with van der Waals surface area (Å²) >= 11 is 0. The second-order valence-electron chi connectivity index (χ2n) is 5.68. The number of nitrogens with two attached hydrogens (primary N) is 1. The highest BCUT2D eigenvalue weighted by Crippen LogP contribution is 2.17. The molecule has 0 aliphatic carbocycles. The van der Waals surface area contributed by atoms with Crippen LogP contribution in [0.4, 0.5) is 0 Å². The summed E-state index contributed by atoms with van der Waals surface area (Å²) in [6, 6.07) is 0.193. The van der Waals surface area contributed by atoms with Crippen LogP contribution in [0.15, 0.2) is 0 Å². The molecule has 0 bridgehead atoms. The maximum Gasteiger partial charge on any atom is 0.222 e. The normalized spacial score (nSPS) is 23.6. The van der Waals surface area contributed by atoms with E-state index in [1.807, 2.05) is 4.90 Å². The highest BCUT2D eigenvalue weighted by atomic mass is 16.2. The molecule has 1 heterocycles. The van der Waals surface area contributed by atoms with Crippen molar-refractivity contribution in [2.75, 3.05) is 13.1 Å². The van der Waals surface area contributed by atoms with E-state index < -0.39 is 0 Å². The average molecular weight is 226 g/mol. The fraction of sp³-hybridized carbons (Fsp3) is 0.923. The van der Waals surface area contributed by atoms with E-state index in [1.54, 1.807) is 0 Å². The van der Waals surface area contributed by atoms with Crippen LogP contribution in [0.3, 0.4) is 0 Å². The number of amides is 1. The van der Waals surface area contributed by atoms with Gasteiger partial charge in [0.25, 0.3) is 0 Å². The molecule has 0 aromatic heterocycles. The van der Waals surface area contributed by atoms with Crippen LogP contribution in [0.5, 0.6) is 0 Å². The number of carbonyl (C=O) groups excluding carboxylic acids is 1. The Hall–Kier alpha value is -0.570. The number of hydrogen-bond donors (Lipinski definition) is 1. The molecule has 0 aromatic carbocycles. The first kappa shape index (κ1) is 13.5. The van der Waals surface area contributed by atoms with Gasteiger partial charge >= 0.3 is 0 Å². The Kier molecular flexibility index (Phi) is 5.26. The summed E-state index contributed by atoms with van der Waals surface area (Å²) in [7, 11) is 0. The molecule has 0 radical (unpaired) electrons. The van der Waals surface area contributed by atoms with E-state index in [0.717, 1.165) is 32.4 Å². The molecular weight excluding hydrogens is 200 g/mol. The van der Waals surface area contributed by atoms with Crippen molar-refractivity contribution in [2.24, 2.45) is 17.6 Å². The van der Waals surface area contributed by atoms with Crippen LogP contribution in [0.25, 0.3) is 0 Å². The molecule has 1 aliphatic rings. The summed E-state index contributed by atoms with van der Waals surface area (Å²) in [4.78, 5) is 14.0. The van der Waals surface area contributed by atoms with Crippen LogP contribution in [-0.2, 0) is 4.79 Å². The Morgan fingerprint density at radius 3 is 2.69 bits per heavy atom. The number of likely N-dealkylation sites (tertiary alicyclic amines) is 1. The van der Waals surface area contributed by atoms with Gasteiger partial charge in [0.2, 0.25) is 5.91 Å². The summed E-state index contributed by atoms with van der Waals surface area (Å²) in [5.74, 6) is 1.46. The van der Waals surface area contributed by atoms with Gasteiger partial charge in [0.1, 0.15) is 0 Å². The van der Waals surface area contributed by atoms with E-state index in [4.69, 9.17) is 5.73 Å². The quantitative estimate of drug-likeness (QED) is 0.797. The van der Waals surface area contributed by atoms with Gasteiger partial charge in [0.05, 0.1) is 0 Å². The van der Waals surface area contributed by atoms with Gasteiger partial charge < -0.3 is 10.6 Å². The lowest BCUT2D eigenvalue weighted by Crippen LogP contribution is -2.46. The van der Waals surface area contributed by atoms with Gasteiger partial charge in [-0.05, 0) is 31.1 Å². The van der Waals surface area contributed by atoms with Crippen molar-refractivity contribution in [3.63, 3.8) is 0 Å². The predicted octanol–water partition coefficient (Wildman–Crippen LogP) is 2.01. The molecule has 1 rings (SSSR count). The predicted molar refractivity (Wildman–Crippen MR) is 67.0 cm³/mol. The molecule has 0 aromatic rings. The van der Waals surface area contributed by atoms with Crippen LogP contribution in [0.1, 0.15) is 46.5 Å². The lowest BCUT2D eigenvalue weighted by molar-refractivity contribution is -0.133. The molecule has 3 nitrogen and oxygen atoms in total. The Balaban J connectivity index is 2.33. The van der Waals surface area contributed by atoms with Gasteiger partial charge in [-0.3, -0.25) is 4.79 Å². The minimum absolute atomic E-state index is 0.193. The molecule has 2 atom stereocenters. The SMILES string of the molecule is CC(C)CC(C)CC(=O)N1CCCC(N)C1. The smallest absolute Gasteiger partial charge is 0.222 e. The zero-order valence-corrected chi connectivity index (χ0v) is 10.9. The van der Waals surface area contributed by atoms with Gasteiger partial charge in [-0.2, -0.15) is 0 Å². The fourth-order valence-corrected chi connectivity index (χ4v) is 2.55. The lowest BCUT2D eigenvalue weighted by atomic mass is 9.95. The van der Waals surface area contributed by atoms with Crippen LogP contribution in [0, 0.1) is 11.8 Å². The molecule has 1 fully saturated rings. The van der Waals surface area contributed by atoms with E-state index in [0.29, 0.717) is 24.2 Å². The molecular formula is C13H26N2O. The molecule has 2 unspecified atom stereocenters. The van der Waals surface area contributed by atoms with Crippen molar-refractivity contribution >= 4 is 5.91 Å². The van der Waals surface area contributed by atoms with Crippen molar-refractivity contribution in [3.8, 4) is 0 Å². The maximum absolute atomic E-state index is 12.0. The average Bonchev–Trinajstić information content (AvgIpc) is 2.16. The summed E-state index contributed by atoms with van der Waals surface area (Å²) < 4.78 is 0. The molecule has 2 N–H and O–H groups in total. The monoisotopic (exact) mass is 226 g/mol. The lowest BCUT2D eigenvalue weighted by Gasteiger charge is -2.31.